The molecule has 0 unspecified atom stereocenters. The van der Waals surface area contributed by atoms with Crippen molar-refractivity contribution in [3.8, 4) is 5.75 Å². The average Bonchev–Trinajstić information content (AvgIpc) is 2.97. The van der Waals surface area contributed by atoms with Crippen molar-refractivity contribution in [2.24, 2.45) is 0 Å². The van der Waals surface area contributed by atoms with Crippen LogP contribution < -0.4 is 10.1 Å². The fourth-order valence-corrected chi connectivity index (χ4v) is 3.07. The summed E-state index contributed by atoms with van der Waals surface area (Å²) in [5, 5.41) is 6.70. The third-order valence-electron chi connectivity index (χ3n) is 4.43. The van der Waals surface area contributed by atoms with Gasteiger partial charge >= 0.3 is 11.8 Å². The summed E-state index contributed by atoms with van der Waals surface area (Å²) in [4.78, 5) is 26.3. The minimum atomic E-state index is -0.631. The standard InChI is InChI=1S/C18H22N4O3/c1-3-22-12-14(11-19-22)20-17(23)18(24)21-9-7-13-5-4-6-16(25-2)15(13)8-10-21/h4-6,11-12H,3,7-10H2,1-2H3,(H,20,23). The summed E-state index contributed by atoms with van der Waals surface area (Å²) in [6.45, 7) is 3.66. The van der Waals surface area contributed by atoms with Crippen LogP contribution in [0.25, 0.3) is 0 Å². The number of amides is 2. The summed E-state index contributed by atoms with van der Waals surface area (Å²) < 4.78 is 7.10. The zero-order valence-corrected chi connectivity index (χ0v) is 14.5. The van der Waals surface area contributed by atoms with Crippen molar-refractivity contribution in [3.05, 3.63) is 41.7 Å². The maximum absolute atomic E-state index is 12.5. The highest BCUT2D eigenvalue weighted by atomic mass is 16.5. The second-order valence-corrected chi connectivity index (χ2v) is 5.93. The van der Waals surface area contributed by atoms with Gasteiger partial charge in [0.15, 0.2) is 0 Å². The predicted molar refractivity (Wildman–Crippen MR) is 93.5 cm³/mol. The zero-order chi connectivity index (χ0) is 17.8. The molecule has 7 nitrogen and oxygen atoms in total. The van der Waals surface area contributed by atoms with Crippen LogP contribution in [0.15, 0.2) is 30.6 Å². The number of hydrogen-bond donors (Lipinski definition) is 1. The number of rotatable bonds is 3. The van der Waals surface area contributed by atoms with Gasteiger partial charge in [-0.1, -0.05) is 12.1 Å². The van der Waals surface area contributed by atoms with Gasteiger partial charge in [-0.3, -0.25) is 14.3 Å². The Morgan fingerprint density at radius 2 is 2.08 bits per heavy atom. The Kier molecular flexibility index (Phi) is 5.02. The van der Waals surface area contributed by atoms with Gasteiger partial charge in [-0.05, 0) is 37.0 Å². The quantitative estimate of drug-likeness (QED) is 0.857. The van der Waals surface area contributed by atoms with Crippen LogP contribution >= 0.6 is 0 Å². The van der Waals surface area contributed by atoms with Crippen LogP contribution in [0.1, 0.15) is 18.1 Å². The summed E-state index contributed by atoms with van der Waals surface area (Å²) in [6, 6.07) is 5.92. The summed E-state index contributed by atoms with van der Waals surface area (Å²) in [6.07, 6.45) is 4.62. The lowest BCUT2D eigenvalue weighted by Crippen LogP contribution is -2.41. The molecule has 1 aromatic carbocycles. The van der Waals surface area contributed by atoms with E-state index < -0.39 is 11.8 Å². The lowest BCUT2D eigenvalue weighted by atomic mass is 10.0. The lowest BCUT2D eigenvalue weighted by molar-refractivity contribution is -0.143. The molecule has 132 valence electrons. The monoisotopic (exact) mass is 342 g/mol. The number of aryl methyl sites for hydroxylation is 1. The Morgan fingerprint density at radius 1 is 1.28 bits per heavy atom. The van der Waals surface area contributed by atoms with Gasteiger partial charge in [-0.2, -0.15) is 5.10 Å². The van der Waals surface area contributed by atoms with Crippen LogP contribution in [0.5, 0.6) is 5.75 Å². The van der Waals surface area contributed by atoms with Gasteiger partial charge in [0.1, 0.15) is 5.75 Å². The highest BCUT2D eigenvalue weighted by Gasteiger charge is 2.25. The summed E-state index contributed by atoms with van der Waals surface area (Å²) in [7, 11) is 1.65. The Morgan fingerprint density at radius 3 is 2.80 bits per heavy atom. The summed E-state index contributed by atoms with van der Waals surface area (Å²) >= 11 is 0. The van der Waals surface area contributed by atoms with Crippen LogP contribution in [-0.4, -0.2) is 46.7 Å². The third-order valence-corrected chi connectivity index (χ3v) is 4.43. The molecule has 0 aliphatic carbocycles. The maximum atomic E-state index is 12.5. The number of hydrogen-bond acceptors (Lipinski definition) is 4. The summed E-state index contributed by atoms with van der Waals surface area (Å²) in [5.41, 5.74) is 2.81. The second kappa shape index (κ2) is 7.38. The van der Waals surface area contributed by atoms with Gasteiger partial charge in [0.2, 0.25) is 0 Å². The normalized spacial score (nSPS) is 13.8. The van der Waals surface area contributed by atoms with Crippen molar-refractivity contribution in [1.82, 2.24) is 14.7 Å². The van der Waals surface area contributed by atoms with Gasteiger partial charge in [0, 0.05) is 25.8 Å². The largest absolute Gasteiger partial charge is 0.496 e. The van der Waals surface area contributed by atoms with Crippen molar-refractivity contribution in [2.45, 2.75) is 26.3 Å². The third kappa shape index (κ3) is 3.65. The van der Waals surface area contributed by atoms with Gasteiger partial charge in [0.05, 0.1) is 19.0 Å². The average molecular weight is 342 g/mol. The molecule has 7 heteroatoms. The van der Waals surface area contributed by atoms with Crippen molar-refractivity contribution in [3.63, 3.8) is 0 Å². The fourth-order valence-electron chi connectivity index (χ4n) is 3.07. The van der Waals surface area contributed by atoms with E-state index in [2.05, 4.69) is 10.4 Å². The molecule has 0 saturated heterocycles. The van der Waals surface area contributed by atoms with E-state index in [0.29, 0.717) is 38.2 Å². The highest BCUT2D eigenvalue weighted by molar-refractivity contribution is 6.39. The number of ether oxygens (including phenoxy) is 1. The Bertz CT molecular complexity index is 784. The fraction of sp³-hybridized carbons (Fsp3) is 0.389. The van der Waals surface area contributed by atoms with Crippen molar-refractivity contribution < 1.29 is 14.3 Å². The molecule has 0 saturated carbocycles. The van der Waals surface area contributed by atoms with Crippen LogP contribution in [0.4, 0.5) is 5.69 Å². The number of methoxy groups -OCH3 is 1. The molecule has 0 spiro atoms. The molecule has 25 heavy (non-hydrogen) atoms. The van der Waals surface area contributed by atoms with Crippen molar-refractivity contribution >= 4 is 17.5 Å². The van der Waals surface area contributed by atoms with E-state index in [1.54, 1.807) is 22.9 Å². The van der Waals surface area contributed by atoms with E-state index in [-0.39, 0.29) is 0 Å². The molecule has 0 radical (unpaired) electrons. The van der Waals surface area contributed by atoms with Crippen molar-refractivity contribution in [2.75, 3.05) is 25.5 Å². The van der Waals surface area contributed by atoms with Crippen LogP contribution in [0, 0.1) is 0 Å². The molecule has 2 aromatic rings. The van der Waals surface area contributed by atoms with E-state index >= 15 is 0 Å². The van der Waals surface area contributed by atoms with Gasteiger partial charge in [0.25, 0.3) is 0 Å². The first-order valence-electron chi connectivity index (χ1n) is 8.39. The molecule has 1 aliphatic heterocycles. The van der Waals surface area contributed by atoms with Crippen LogP contribution in [0.3, 0.4) is 0 Å². The molecule has 0 fully saturated rings. The number of aromatic nitrogens is 2. The molecule has 2 heterocycles. The molecule has 0 bridgehead atoms. The molecule has 1 N–H and O–H groups in total. The van der Waals surface area contributed by atoms with E-state index in [1.807, 2.05) is 25.1 Å². The van der Waals surface area contributed by atoms with E-state index in [0.717, 1.165) is 11.3 Å². The molecule has 2 amide bonds. The zero-order valence-electron chi connectivity index (χ0n) is 14.5. The first-order chi connectivity index (χ1) is 12.1. The smallest absolute Gasteiger partial charge is 0.313 e. The Balaban J connectivity index is 1.66. The second-order valence-electron chi connectivity index (χ2n) is 5.93. The predicted octanol–water partition coefficient (Wildman–Crippen LogP) is 1.48. The molecular formula is C18H22N4O3. The number of carbonyl (C=O) groups is 2. The number of anilines is 1. The topological polar surface area (TPSA) is 76.5 Å². The number of nitrogens with zero attached hydrogens (tertiary/aromatic N) is 3. The van der Waals surface area contributed by atoms with E-state index in [1.165, 1.54) is 11.8 Å². The first kappa shape index (κ1) is 17.0. The summed E-state index contributed by atoms with van der Waals surface area (Å²) in [5.74, 6) is -0.312. The van der Waals surface area contributed by atoms with Gasteiger partial charge in [-0.15, -0.1) is 0 Å². The molecule has 1 aliphatic rings. The Labute approximate surface area is 146 Å². The number of fused-ring (bicyclic) bond motifs is 1. The minimum absolute atomic E-state index is 0.494. The van der Waals surface area contributed by atoms with E-state index in [4.69, 9.17) is 4.74 Å². The van der Waals surface area contributed by atoms with Crippen molar-refractivity contribution in [1.29, 1.82) is 0 Å². The van der Waals surface area contributed by atoms with Gasteiger partial charge < -0.3 is 15.0 Å². The number of benzene rings is 1. The highest BCUT2D eigenvalue weighted by Crippen LogP contribution is 2.25. The number of nitrogens with one attached hydrogen (secondary N) is 1. The molecule has 3 rings (SSSR count). The maximum Gasteiger partial charge on any atom is 0.313 e. The molecular weight excluding hydrogens is 320 g/mol. The van der Waals surface area contributed by atoms with Crippen LogP contribution in [-0.2, 0) is 29.0 Å². The van der Waals surface area contributed by atoms with E-state index in [9.17, 15) is 9.59 Å². The first-order valence-corrected chi connectivity index (χ1v) is 8.39. The Hall–Kier alpha value is -2.83. The number of carbonyl (C=O) groups excluding carboxylic acids is 2. The minimum Gasteiger partial charge on any atom is -0.496 e. The van der Waals surface area contributed by atoms with Gasteiger partial charge in [-0.25, -0.2) is 0 Å². The lowest BCUT2D eigenvalue weighted by Gasteiger charge is -2.19. The SMILES string of the molecule is CCn1cc(NC(=O)C(=O)N2CCc3cccc(OC)c3CC2)cn1. The molecule has 0 atom stereocenters. The van der Waals surface area contributed by atoms with Crippen LogP contribution in [0.2, 0.25) is 0 Å². The molecule has 1 aromatic heterocycles.